The first-order chi connectivity index (χ1) is 9.19. The number of rotatable bonds is 4. The van der Waals surface area contributed by atoms with Crippen LogP contribution in [-0.4, -0.2) is 7.11 Å². The molecule has 1 heteroatoms. The van der Waals surface area contributed by atoms with E-state index in [-0.39, 0.29) is 0 Å². The Morgan fingerprint density at radius 1 is 1.00 bits per heavy atom. The maximum Gasteiger partial charge on any atom is 0.0759 e. The Kier molecular flexibility index (Phi) is 4.16. The van der Waals surface area contributed by atoms with Gasteiger partial charge in [0, 0.05) is 0 Å². The highest BCUT2D eigenvalue weighted by atomic mass is 16.5. The van der Waals surface area contributed by atoms with Gasteiger partial charge in [0.25, 0.3) is 0 Å². The predicted molar refractivity (Wildman–Crippen MR) is 81.6 cm³/mol. The molecular weight excluding hydrogens is 232 g/mol. The summed E-state index contributed by atoms with van der Waals surface area (Å²) in [6, 6.07) is 14.8. The minimum atomic E-state index is 0.491. The lowest BCUT2D eigenvalue weighted by Crippen LogP contribution is -1.97. The lowest BCUT2D eigenvalue weighted by atomic mass is 9.89. The Hall–Kier alpha value is -1.89. The van der Waals surface area contributed by atoms with Crippen molar-refractivity contribution in [3.63, 3.8) is 0 Å². The number of methoxy groups -OCH3 is 1. The van der Waals surface area contributed by atoms with Crippen LogP contribution in [0, 0.1) is 6.42 Å². The van der Waals surface area contributed by atoms with Crippen molar-refractivity contribution in [1.82, 2.24) is 0 Å². The van der Waals surface area contributed by atoms with Crippen molar-refractivity contribution in [1.29, 1.82) is 0 Å². The van der Waals surface area contributed by atoms with Gasteiger partial charge in [0.1, 0.15) is 0 Å². The Morgan fingerprint density at radius 2 is 1.74 bits per heavy atom. The highest BCUT2D eigenvalue weighted by Crippen LogP contribution is 2.38. The van der Waals surface area contributed by atoms with Gasteiger partial charge in [-0.1, -0.05) is 56.2 Å². The molecule has 0 amide bonds. The van der Waals surface area contributed by atoms with E-state index in [0.29, 0.717) is 5.92 Å². The maximum absolute atomic E-state index is 5.56. The molecule has 0 aliphatic rings. The molecule has 0 atom stereocenters. The van der Waals surface area contributed by atoms with Crippen molar-refractivity contribution in [2.24, 2.45) is 0 Å². The van der Waals surface area contributed by atoms with E-state index in [2.05, 4.69) is 57.5 Å². The molecule has 0 spiro atoms. The van der Waals surface area contributed by atoms with Crippen molar-refractivity contribution in [3.05, 3.63) is 60.0 Å². The van der Waals surface area contributed by atoms with E-state index in [9.17, 15) is 0 Å². The maximum atomic E-state index is 5.56. The van der Waals surface area contributed by atoms with Gasteiger partial charge in [-0.25, -0.2) is 0 Å². The van der Waals surface area contributed by atoms with Gasteiger partial charge in [-0.2, -0.15) is 18.1 Å². The molecule has 0 saturated heterocycles. The first-order valence-corrected chi connectivity index (χ1v) is 6.74. The van der Waals surface area contributed by atoms with Crippen LogP contribution in [0.15, 0.2) is 42.5 Å². The van der Waals surface area contributed by atoms with Crippen molar-refractivity contribution in [2.75, 3.05) is 7.11 Å². The first kappa shape index (κ1) is 13.5. The van der Waals surface area contributed by atoms with Crippen LogP contribution in [0.3, 0.4) is 0 Å². The molecule has 0 aliphatic carbocycles. The fourth-order valence-corrected chi connectivity index (χ4v) is 2.48. The minimum absolute atomic E-state index is 0.491. The Labute approximate surface area is 116 Å². The fraction of sp³-hybridized carbons (Fsp3) is 0.278. The second-order valence-corrected chi connectivity index (χ2v) is 4.96. The van der Waals surface area contributed by atoms with Gasteiger partial charge in [0.15, 0.2) is 0 Å². The summed E-state index contributed by atoms with van der Waals surface area (Å²) in [5, 5.41) is 0. The summed E-state index contributed by atoms with van der Waals surface area (Å²) in [7, 11) is 1.73. The van der Waals surface area contributed by atoms with Gasteiger partial charge < -0.3 is 4.74 Å². The molecule has 0 bridgehead atoms. The zero-order chi connectivity index (χ0) is 13.8. The Balaban J connectivity index is 2.71. The van der Waals surface area contributed by atoms with Crippen LogP contribution in [0.2, 0.25) is 0 Å². The van der Waals surface area contributed by atoms with Crippen LogP contribution in [0.25, 0.3) is 11.1 Å². The van der Waals surface area contributed by atoms with E-state index < -0.39 is 0 Å². The molecule has 0 saturated carbocycles. The van der Waals surface area contributed by atoms with Crippen molar-refractivity contribution in [3.8, 4) is 16.9 Å². The number of ether oxygens (including phenoxy) is 1. The third-order valence-corrected chi connectivity index (χ3v) is 3.44. The molecule has 19 heavy (non-hydrogen) atoms. The quantitative estimate of drug-likeness (QED) is 0.692. The molecule has 0 aromatic heterocycles. The molecule has 2 aromatic rings. The zero-order valence-electron chi connectivity index (χ0n) is 12.1. The second kappa shape index (κ2) is 5.83. The monoisotopic (exact) mass is 253 g/mol. The molecule has 2 rings (SSSR count). The van der Waals surface area contributed by atoms with Gasteiger partial charge in [-0.3, -0.25) is 0 Å². The van der Waals surface area contributed by atoms with Crippen LogP contribution >= 0.6 is 0 Å². The summed E-state index contributed by atoms with van der Waals surface area (Å²) in [6.07, 6.45) is 2.13. The van der Waals surface area contributed by atoms with Gasteiger partial charge in [-0.15, -0.1) is 6.07 Å². The van der Waals surface area contributed by atoms with E-state index in [1.54, 1.807) is 7.11 Å². The Bertz CT molecular complexity index is 533. The van der Waals surface area contributed by atoms with E-state index in [1.165, 1.54) is 22.3 Å². The average Bonchev–Trinajstić information content (AvgIpc) is 2.46. The molecule has 0 heterocycles. The van der Waals surface area contributed by atoms with Gasteiger partial charge in [-0.05, 0) is 17.5 Å². The van der Waals surface area contributed by atoms with Crippen LogP contribution in [0.1, 0.15) is 37.8 Å². The molecule has 100 valence electrons. The molecule has 2 aromatic carbocycles. The zero-order valence-corrected chi connectivity index (χ0v) is 12.1. The summed E-state index contributed by atoms with van der Waals surface area (Å²) in [5.74, 6) is 1.43. The van der Waals surface area contributed by atoms with Gasteiger partial charge in [0.2, 0.25) is 0 Å². The standard InChI is InChI=1S/C18H21O/c1-5-14-9-8-12-17(19-4)18(14)16-11-7-6-10-15(16)13(2)3/h5-13H,1-4H3/q-1. The SMILES string of the molecule is C[CH-]c1cccc(OC)c1-c1ccccc1C(C)C. The van der Waals surface area contributed by atoms with Crippen molar-refractivity contribution in [2.45, 2.75) is 26.7 Å². The average molecular weight is 253 g/mol. The highest BCUT2D eigenvalue weighted by Gasteiger charge is 2.09. The van der Waals surface area contributed by atoms with E-state index in [0.717, 1.165) is 5.75 Å². The van der Waals surface area contributed by atoms with Crippen LogP contribution in [0.5, 0.6) is 5.75 Å². The van der Waals surface area contributed by atoms with Gasteiger partial charge >= 0.3 is 0 Å². The molecule has 0 aliphatic heterocycles. The normalized spacial score (nSPS) is 10.6. The van der Waals surface area contributed by atoms with Crippen molar-refractivity contribution >= 4 is 0 Å². The third kappa shape index (κ3) is 2.60. The number of hydrogen-bond acceptors (Lipinski definition) is 1. The molecule has 0 N–H and O–H groups in total. The molecular formula is C18H21O-. The van der Waals surface area contributed by atoms with Crippen molar-refractivity contribution < 1.29 is 4.74 Å². The Morgan fingerprint density at radius 3 is 2.37 bits per heavy atom. The highest BCUT2D eigenvalue weighted by molar-refractivity contribution is 5.78. The topological polar surface area (TPSA) is 9.23 Å². The summed E-state index contributed by atoms with van der Waals surface area (Å²) in [6.45, 7) is 6.52. The number of hydrogen-bond donors (Lipinski definition) is 0. The molecule has 0 fully saturated rings. The molecule has 0 unspecified atom stereocenters. The van der Waals surface area contributed by atoms with E-state index in [4.69, 9.17) is 4.74 Å². The first-order valence-electron chi connectivity index (χ1n) is 6.74. The lowest BCUT2D eigenvalue weighted by molar-refractivity contribution is 0.416. The van der Waals surface area contributed by atoms with E-state index in [1.807, 2.05) is 12.1 Å². The predicted octanol–water partition coefficient (Wildman–Crippen LogP) is 5.06. The van der Waals surface area contributed by atoms with E-state index >= 15 is 0 Å². The largest absolute Gasteiger partial charge is 0.509 e. The van der Waals surface area contributed by atoms with Crippen LogP contribution in [0.4, 0.5) is 0 Å². The smallest absolute Gasteiger partial charge is 0.0759 e. The van der Waals surface area contributed by atoms with Crippen LogP contribution < -0.4 is 4.74 Å². The molecule has 1 nitrogen and oxygen atoms in total. The fourth-order valence-electron chi connectivity index (χ4n) is 2.48. The van der Waals surface area contributed by atoms with Crippen LogP contribution in [-0.2, 0) is 0 Å². The molecule has 0 radical (unpaired) electrons. The summed E-state index contributed by atoms with van der Waals surface area (Å²) in [5.41, 5.74) is 5.03. The lowest BCUT2D eigenvalue weighted by Gasteiger charge is -2.24. The third-order valence-electron chi connectivity index (χ3n) is 3.44. The summed E-state index contributed by atoms with van der Waals surface area (Å²) < 4.78 is 5.56. The second-order valence-electron chi connectivity index (χ2n) is 4.96. The summed E-state index contributed by atoms with van der Waals surface area (Å²) in [4.78, 5) is 0. The number of benzene rings is 2. The van der Waals surface area contributed by atoms with Gasteiger partial charge in [0.05, 0.1) is 12.9 Å². The summed E-state index contributed by atoms with van der Waals surface area (Å²) >= 11 is 0. The minimum Gasteiger partial charge on any atom is -0.509 e.